The summed E-state index contributed by atoms with van der Waals surface area (Å²) in [6, 6.07) is 16.5. The second-order valence-electron chi connectivity index (χ2n) is 7.80. The highest BCUT2D eigenvalue weighted by atomic mass is 16.5. The zero-order chi connectivity index (χ0) is 18.9. The maximum absolute atomic E-state index is 12.9. The number of hydrogen-bond donors (Lipinski definition) is 2. The van der Waals surface area contributed by atoms with Crippen LogP contribution in [0.15, 0.2) is 48.5 Å². The number of ether oxygens (including phenoxy) is 1. The van der Waals surface area contributed by atoms with Gasteiger partial charge in [0.25, 0.3) is 0 Å². The Labute approximate surface area is 161 Å². The minimum Gasteiger partial charge on any atom is -0.378 e. The van der Waals surface area contributed by atoms with Gasteiger partial charge in [-0.1, -0.05) is 48.5 Å². The largest absolute Gasteiger partial charge is 0.378 e. The number of hydrogen-bond acceptors (Lipinski definition) is 3. The lowest BCUT2D eigenvalue weighted by atomic mass is 9.72. The lowest BCUT2D eigenvalue weighted by Crippen LogP contribution is -2.49. The summed E-state index contributed by atoms with van der Waals surface area (Å²) in [5.74, 6) is 0.0529. The van der Waals surface area contributed by atoms with Gasteiger partial charge < -0.3 is 15.4 Å². The van der Waals surface area contributed by atoms with Crippen LogP contribution in [0.2, 0.25) is 0 Å². The number of fused-ring (bicyclic) bond motifs is 2. The van der Waals surface area contributed by atoms with Gasteiger partial charge in [-0.15, -0.1) is 0 Å². The summed E-state index contributed by atoms with van der Waals surface area (Å²) in [6.07, 6.45) is 2.44. The van der Waals surface area contributed by atoms with E-state index in [2.05, 4.69) is 47.9 Å². The molecule has 0 aromatic heterocycles. The molecule has 1 amide bonds. The summed E-state index contributed by atoms with van der Waals surface area (Å²) in [7, 11) is 1.78. The molecule has 0 radical (unpaired) electrons. The number of rotatable bonds is 4. The Balaban J connectivity index is 1.62. The Hall–Kier alpha value is -2.17. The smallest absolute Gasteiger partial charge is 0.225 e. The van der Waals surface area contributed by atoms with E-state index in [9.17, 15) is 4.79 Å². The summed E-state index contributed by atoms with van der Waals surface area (Å²) >= 11 is 0. The molecular formula is C23H28N2O2. The van der Waals surface area contributed by atoms with Crippen LogP contribution in [0.25, 0.3) is 0 Å². The highest BCUT2D eigenvalue weighted by Crippen LogP contribution is 2.51. The van der Waals surface area contributed by atoms with Crippen LogP contribution in [0.1, 0.15) is 41.1 Å². The van der Waals surface area contributed by atoms with E-state index in [4.69, 9.17) is 4.74 Å². The van der Waals surface area contributed by atoms with E-state index in [1.54, 1.807) is 7.11 Å². The summed E-state index contributed by atoms with van der Waals surface area (Å²) in [6.45, 7) is 4.02. The van der Waals surface area contributed by atoms with Gasteiger partial charge in [-0.05, 0) is 55.1 Å². The molecule has 1 spiro atoms. The molecule has 0 bridgehead atoms. The van der Waals surface area contributed by atoms with Crippen LogP contribution in [0, 0.1) is 6.92 Å². The number of aryl methyl sites for hydroxylation is 1. The van der Waals surface area contributed by atoms with Gasteiger partial charge in [0, 0.05) is 12.5 Å². The van der Waals surface area contributed by atoms with E-state index in [1.807, 2.05) is 18.2 Å². The predicted octanol–water partition coefficient (Wildman–Crippen LogP) is 3.04. The van der Waals surface area contributed by atoms with Crippen LogP contribution < -0.4 is 10.6 Å². The molecule has 4 rings (SSSR count). The summed E-state index contributed by atoms with van der Waals surface area (Å²) < 4.78 is 6.03. The van der Waals surface area contributed by atoms with Gasteiger partial charge in [0.05, 0.1) is 18.6 Å². The van der Waals surface area contributed by atoms with E-state index in [-0.39, 0.29) is 23.5 Å². The third-order valence-electron chi connectivity index (χ3n) is 6.36. The predicted molar refractivity (Wildman–Crippen MR) is 107 cm³/mol. The van der Waals surface area contributed by atoms with Crippen LogP contribution >= 0.6 is 0 Å². The van der Waals surface area contributed by atoms with Gasteiger partial charge in [-0.3, -0.25) is 4.79 Å². The molecule has 142 valence electrons. The Bertz CT molecular complexity index is 827. The molecule has 4 heteroatoms. The van der Waals surface area contributed by atoms with Crippen molar-refractivity contribution in [3.8, 4) is 0 Å². The number of amides is 1. The Morgan fingerprint density at radius 1 is 1.15 bits per heavy atom. The van der Waals surface area contributed by atoms with Crippen molar-refractivity contribution in [2.45, 2.75) is 43.7 Å². The minimum atomic E-state index is -0.0965. The maximum atomic E-state index is 12.9. The average molecular weight is 364 g/mol. The quantitative estimate of drug-likeness (QED) is 0.877. The van der Waals surface area contributed by atoms with Crippen molar-refractivity contribution in [3.05, 3.63) is 70.8 Å². The second kappa shape index (κ2) is 7.45. The zero-order valence-electron chi connectivity index (χ0n) is 16.1. The van der Waals surface area contributed by atoms with Crippen molar-refractivity contribution in [1.82, 2.24) is 10.6 Å². The van der Waals surface area contributed by atoms with Gasteiger partial charge in [0.2, 0.25) is 5.91 Å². The Morgan fingerprint density at radius 2 is 1.85 bits per heavy atom. The van der Waals surface area contributed by atoms with E-state index in [0.717, 1.165) is 37.1 Å². The fourth-order valence-electron chi connectivity index (χ4n) is 5.00. The van der Waals surface area contributed by atoms with Crippen LogP contribution in [0.4, 0.5) is 0 Å². The standard InChI is InChI=1S/C23H28N2O2/c1-16-7-3-4-8-17(16)15-20(26)25-21-18-9-5-6-10-19(18)23(22(21)27-2)11-13-24-14-12-23/h3-10,21-22,24H,11-15H2,1-2H3,(H,25,26). The molecule has 1 heterocycles. The van der Waals surface area contributed by atoms with Crippen LogP contribution in [-0.4, -0.2) is 32.2 Å². The van der Waals surface area contributed by atoms with E-state index in [0.29, 0.717) is 6.42 Å². The highest BCUT2D eigenvalue weighted by Gasteiger charge is 2.53. The molecule has 4 nitrogen and oxygen atoms in total. The number of carbonyl (C=O) groups is 1. The normalized spacial score (nSPS) is 23.2. The Kier molecular flexibility index (Phi) is 5.02. The minimum absolute atomic E-state index is 0.0167. The highest BCUT2D eigenvalue weighted by molar-refractivity contribution is 5.80. The first-order valence-corrected chi connectivity index (χ1v) is 9.82. The van der Waals surface area contributed by atoms with Gasteiger partial charge in [-0.25, -0.2) is 0 Å². The molecule has 1 aliphatic heterocycles. The third-order valence-corrected chi connectivity index (χ3v) is 6.36. The van der Waals surface area contributed by atoms with Crippen LogP contribution in [0.5, 0.6) is 0 Å². The molecule has 2 N–H and O–H groups in total. The molecule has 2 atom stereocenters. The van der Waals surface area contributed by atoms with Crippen molar-refractivity contribution in [3.63, 3.8) is 0 Å². The number of piperidine rings is 1. The summed E-state index contributed by atoms with van der Waals surface area (Å²) in [5, 5.41) is 6.76. The lowest BCUT2D eigenvalue weighted by Gasteiger charge is -2.40. The average Bonchev–Trinajstić information content (AvgIpc) is 2.93. The first-order chi connectivity index (χ1) is 13.2. The fraction of sp³-hybridized carbons (Fsp3) is 0.435. The monoisotopic (exact) mass is 364 g/mol. The first-order valence-electron chi connectivity index (χ1n) is 9.82. The molecular weight excluding hydrogens is 336 g/mol. The Morgan fingerprint density at radius 3 is 2.59 bits per heavy atom. The van der Waals surface area contributed by atoms with Gasteiger partial charge in [-0.2, -0.15) is 0 Å². The molecule has 2 aromatic carbocycles. The number of nitrogens with one attached hydrogen (secondary N) is 2. The number of carbonyl (C=O) groups excluding carboxylic acids is 1. The molecule has 27 heavy (non-hydrogen) atoms. The lowest BCUT2D eigenvalue weighted by molar-refractivity contribution is -0.122. The van der Waals surface area contributed by atoms with E-state index in [1.165, 1.54) is 11.1 Å². The van der Waals surface area contributed by atoms with Crippen molar-refractivity contribution in [2.75, 3.05) is 20.2 Å². The van der Waals surface area contributed by atoms with Crippen LogP contribution in [-0.2, 0) is 21.4 Å². The third kappa shape index (κ3) is 3.17. The molecule has 0 saturated carbocycles. The van der Waals surface area contributed by atoms with Gasteiger partial charge in [0.15, 0.2) is 0 Å². The van der Waals surface area contributed by atoms with Crippen molar-refractivity contribution in [1.29, 1.82) is 0 Å². The van der Waals surface area contributed by atoms with E-state index >= 15 is 0 Å². The van der Waals surface area contributed by atoms with Crippen LogP contribution in [0.3, 0.4) is 0 Å². The molecule has 1 fully saturated rings. The van der Waals surface area contributed by atoms with Crippen molar-refractivity contribution in [2.24, 2.45) is 0 Å². The first kappa shape index (κ1) is 18.2. The number of methoxy groups -OCH3 is 1. The molecule has 2 aliphatic rings. The van der Waals surface area contributed by atoms with E-state index < -0.39 is 0 Å². The topological polar surface area (TPSA) is 50.4 Å². The maximum Gasteiger partial charge on any atom is 0.225 e. The second-order valence-corrected chi connectivity index (χ2v) is 7.80. The van der Waals surface area contributed by atoms with Gasteiger partial charge in [0.1, 0.15) is 0 Å². The molecule has 2 unspecified atom stereocenters. The summed E-state index contributed by atoms with van der Waals surface area (Å²) in [4.78, 5) is 12.9. The van der Waals surface area contributed by atoms with Gasteiger partial charge >= 0.3 is 0 Å². The fourth-order valence-corrected chi connectivity index (χ4v) is 5.00. The van der Waals surface area contributed by atoms with Crippen molar-refractivity contribution >= 4 is 5.91 Å². The SMILES string of the molecule is COC1C(NC(=O)Cc2ccccc2C)c2ccccc2C12CCNCC2. The molecule has 1 saturated heterocycles. The summed E-state index contributed by atoms with van der Waals surface area (Å²) in [5.41, 5.74) is 4.77. The zero-order valence-corrected chi connectivity index (χ0v) is 16.1. The number of benzene rings is 2. The molecule has 2 aromatic rings. The van der Waals surface area contributed by atoms with Crippen molar-refractivity contribution < 1.29 is 9.53 Å². The molecule has 1 aliphatic carbocycles.